The van der Waals surface area contributed by atoms with Crippen molar-refractivity contribution in [1.29, 1.82) is 0 Å². The first-order valence-electron chi connectivity index (χ1n) is 13.1. The summed E-state index contributed by atoms with van der Waals surface area (Å²) in [5, 5.41) is 16.8. The molecule has 0 radical (unpaired) electrons. The number of nitrogens with one attached hydrogen (secondary N) is 2. The minimum Gasteiger partial charge on any atom is -0.395 e. The second kappa shape index (κ2) is 12.0. The summed E-state index contributed by atoms with van der Waals surface area (Å²) in [6.07, 6.45) is 1.73. The van der Waals surface area contributed by atoms with Gasteiger partial charge in [-0.15, -0.1) is 0 Å². The van der Waals surface area contributed by atoms with E-state index in [-0.39, 0.29) is 37.3 Å². The molecule has 5 rings (SSSR count). The number of halogens is 1. The number of aromatic nitrogens is 1. The molecular formula is C28H31ClN6O4. The average Bonchev–Trinajstić information content (AvgIpc) is 3.18. The fourth-order valence-corrected chi connectivity index (χ4v) is 5.19. The first-order chi connectivity index (χ1) is 18.9. The number of pyridine rings is 1. The molecule has 0 atom stereocenters. The molecule has 3 amide bonds. The number of anilines is 2. The smallest absolute Gasteiger partial charge is 0.261 e. The number of β-amino-alcohol motifs (C(OH)–C–C–N with tert-alkyl or cyclic N) is 1. The van der Waals surface area contributed by atoms with Crippen LogP contribution >= 0.6 is 11.6 Å². The number of amides is 3. The van der Waals surface area contributed by atoms with Gasteiger partial charge in [-0.2, -0.15) is 0 Å². The van der Waals surface area contributed by atoms with Gasteiger partial charge < -0.3 is 20.6 Å². The van der Waals surface area contributed by atoms with Crippen molar-refractivity contribution in [3.8, 4) is 0 Å². The standard InChI is InChI=1S/C28H31ClN6O4/c29-19-1-3-22-24(5-7-30-25(22)17-19)31-8-9-32-26(37)6-10-35-27(38)21-4-2-20(18-23(21)28(35)39)34-13-11-33(12-14-34)15-16-36/h1-5,7,17-18,36H,6,8-16H2,(H,30,31)(H,32,37). The van der Waals surface area contributed by atoms with E-state index in [0.717, 1.165) is 53.4 Å². The van der Waals surface area contributed by atoms with Crippen LogP contribution in [0.5, 0.6) is 0 Å². The number of aliphatic hydroxyl groups is 1. The molecule has 2 aliphatic rings. The summed E-state index contributed by atoms with van der Waals surface area (Å²) in [6, 6.07) is 12.7. The minimum atomic E-state index is -0.367. The fraction of sp³-hybridized carbons (Fsp3) is 0.357. The zero-order valence-electron chi connectivity index (χ0n) is 21.5. The molecular weight excluding hydrogens is 520 g/mol. The van der Waals surface area contributed by atoms with E-state index in [2.05, 4.69) is 25.4 Å². The normalized spacial score (nSPS) is 15.6. The Labute approximate surface area is 231 Å². The van der Waals surface area contributed by atoms with Crippen LogP contribution in [-0.2, 0) is 4.79 Å². The maximum absolute atomic E-state index is 13.0. The maximum atomic E-state index is 13.0. The lowest BCUT2D eigenvalue weighted by Gasteiger charge is -2.35. The topological polar surface area (TPSA) is 118 Å². The maximum Gasteiger partial charge on any atom is 0.261 e. The van der Waals surface area contributed by atoms with E-state index in [0.29, 0.717) is 35.8 Å². The van der Waals surface area contributed by atoms with Gasteiger partial charge in [0.25, 0.3) is 11.8 Å². The molecule has 39 heavy (non-hydrogen) atoms. The molecule has 0 saturated carbocycles. The summed E-state index contributed by atoms with van der Waals surface area (Å²) >= 11 is 6.04. The van der Waals surface area contributed by atoms with E-state index in [1.165, 1.54) is 0 Å². The molecule has 3 aromatic rings. The molecule has 3 N–H and O–H groups in total. The number of aliphatic hydroxyl groups excluding tert-OH is 1. The van der Waals surface area contributed by atoms with Crippen molar-refractivity contribution >= 4 is 51.6 Å². The van der Waals surface area contributed by atoms with Crippen LogP contribution < -0.4 is 15.5 Å². The molecule has 11 heteroatoms. The predicted molar refractivity (Wildman–Crippen MR) is 150 cm³/mol. The van der Waals surface area contributed by atoms with E-state index in [1.807, 2.05) is 18.2 Å². The molecule has 0 bridgehead atoms. The minimum absolute atomic E-state index is 0.0243. The van der Waals surface area contributed by atoms with Crippen LogP contribution in [0.25, 0.3) is 10.9 Å². The van der Waals surface area contributed by atoms with Crippen molar-refractivity contribution in [1.82, 2.24) is 20.1 Å². The van der Waals surface area contributed by atoms with Gasteiger partial charge >= 0.3 is 0 Å². The first-order valence-corrected chi connectivity index (χ1v) is 13.5. The number of fused-ring (bicyclic) bond motifs is 2. The summed E-state index contributed by atoms with van der Waals surface area (Å²) in [5.41, 5.74) is 3.33. The fourth-order valence-electron chi connectivity index (χ4n) is 5.03. The highest BCUT2D eigenvalue weighted by molar-refractivity contribution is 6.31. The molecule has 3 heterocycles. The third-order valence-corrected chi connectivity index (χ3v) is 7.37. The largest absolute Gasteiger partial charge is 0.395 e. The van der Waals surface area contributed by atoms with Gasteiger partial charge in [-0.3, -0.25) is 29.2 Å². The van der Waals surface area contributed by atoms with E-state index in [1.54, 1.807) is 30.5 Å². The van der Waals surface area contributed by atoms with Crippen LogP contribution in [0, 0.1) is 0 Å². The van der Waals surface area contributed by atoms with Gasteiger partial charge in [0, 0.05) is 86.8 Å². The molecule has 0 unspecified atom stereocenters. The highest BCUT2D eigenvalue weighted by Crippen LogP contribution is 2.28. The Morgan fingerprint density at radius 3 is 2.54 bits per heavy atom. The number of hydrogen-bond donors (Lipinski definition) is 3. The van der Waals surface area contributed by atoms with Crippen molar-refractivity contribution in [3.63, 3.8) is 0 Å². The molecule has 1 saturated heterocycles. The molecule has 204 valence electrons. The number of rotatable bonds is 10. The molecule has 1 fully saturated rings. The first kappa shape index (κ1) is 26.9. The average molecular weight is 551 g/mol. The summed E-state index contributed by atoms with van der Waals surface area (Å²) in [6.45, 7) is 4.92. The Balaban J connectivity index is 1.10. The molecule has 10 nitrogen and oxygen atoms in total. The number of piperazine rings is 1. The quantitative estimate of drug-likeness (QED) is 0.260. The molecule has 0 aliphatic carbocycles. The van der Waals surface area contributed by atoms with Gasteiger partial charge in [0.1, 0.15) is 0 Å². The van der Waals surface area contributed by atoms with E-state index < -0.39 is 0 Å². The number of imide groups is 1. The van der Waals surface area contributed by atoms with Gasteiger partial charge in [-0.05, 0) is 42.5 Å². The number of hydrogen-bond acceptors (Lipinski definition) is 8. The number of carbonyl (C=O) groups is 3. The summed E-state index contributed by atoms with van der Waals surface area (Å²) in [5.74, 6) is -0.968. The molecule has 2 aliphatic heterocycles. The monoisotopic (exact) mass is 550 g/mol. The third-order valence-electron chi connectivity index (χ3n) is 7.14. The molecule has 0 spiro atoms. The Kier molecular flexibility index (Phi) is 8.25. The summed E-state index contributed by atoms with van der Waals surface area (Å²) in [4.78, 5) is 48.2. The summed E-state index contributed by atoms with van der Waals surface area (Å²) in [7, 11) is 0. The molecule has 1 aromatic heterocycles. The second-order valence-electron chi connectivity index (χ2n) is 9.59. The van der Waals surface area contributed by atoms with E-state index >= 15 is 0 Å². The van der Waals surface area contributed by atoms with Gasteiger partial charge in [-0.1, -0.05) is 11.6 Å². The lowest BCUT2D eigenvalue weighted by atomic mass is 10.1. The van der Waals surface area contributed by atoms with Crippen LogP contribution in [0.1, 0.15) is 27.1 Å². The Morgan fingerprint density at radius 1 is 0.949 bits per heavy atom. The van der Waals surface area contributed by atoms with Crippen molar-refractivity contribution < 1.29 is 19.5 Å². The van der Waals surface area contributed by atoms with Gasteiger partial charge in [-0.25, -0.2) is 0 Å². The highest BCUT2D eigenvalue weighted by atomic mass is 35.5. The Hall–Kier alpha value is -3.73. The van der Waals surface area contributed by atoms with Crippen LogP contribution in [0.2, 0.25) is 5.02 Å². The SMILES string of the molecule is O=C(CCN1C(=O)c2ccc(N3CCN(CCO)CC3)cc2C1=O)NCCNc1ccnc2cc(Cl)ccc12. The van der Waals surface area contributed by atoms with Crippen LogP contribution in [-0.4, -0.2) is 96.6 Å². The lowest BCUT2D eigenvalue weighted by Crippen LogP contribution is -2.47. The van der Waals surface area contributed by atoms with E-state index in [4.69, 9.17) is 16.7 Å². The van der Waals surface area contributed by atoms with Gasteiger partial charge in [0.15, 0.2) is 0 Å². The lowest BCUT2D eigenvalue weighted by molar-refractivity contribution is -0.121. The van der Waals surface area contributed by atoms with Crippen molar-refractivity contribution in [3.05, 3.63) is 64.8 Å². The van der Waals surface area contributed by atoms with Crippen LogP contribution in [0.15, 0.2) is 48.7 Å². The van der Waals surface area contributed by atoms with Gasteiger partial charge in [0.05, 0.1) is 23.3 Å². The number of benzene rings is 2. The number of carbonyl (C=O) groups excluding carboxylic acids is 3. The summed E-state index contributed by atoms with van der Waals surface area (Å²) < 4.78 is 0. The Bertz CT molecular complexity index is 1390. The predicted octanol–water partition coefficient (Wildman–Crippen LogP) is 2.22. The highest BCUT2D eigenvalue weighted by Gasteiger charge is 2.36. The second-order valence-corrected chi connectivity index (χ2v) is 10.0. The van der Waals surface area contributed by atoms with Crippen LogP contribution in [0.3, 0.4) is 0 Å². The third kappa shape index (κ3) is 5.98. The Morgan fingerprint density at radius 2 is 1.74 bits per heavy atom. The number of nitrogens with zero attached hydrogens (tertiary/aromatic N) is 4. The molecule has 2 aromatic carbocycles. The zero-order valence-corrected chi connectivity index (χ0v) is 22.3. The van der Waals surface area contributed by atoms with Crippen molar-refractivity contribution in [2.45, 2.75) is 6.42 Å². The van der Waals surface area contributed by atoms with Crippen LogP contribution in [0.4, 0.5) is 11.4 Å². The van der Waals surface area contributed by atoms with Crippen molar-refractivity contribution in [2.24, 2.45) is 0 Å². The van der Waals surface area contributed by atoms with E-state index in [9.17, 15) is 14.4 Å². The zero-order chi connectivity index (χ0) is 27.4. The van der Waals surface area contributed by atoms with Gasteiger partial charge in [0.2, 0.25) is 5.91 Å². The van der Waals surface area contributed by atoms with Crippen molar-refractivity contribution in [2.75, 3.05) is 69.2 Å².